The van der Waals surface area contributed by atoms with Gasteiger partial charge in [0.05, 0.1) is 28.1 Å². The summed E-state index contributed by atoms with van der Waals surface area (Å²) in [5.74, 6) is 0.948. The highest BCUT2D eigenvalue weighted by Gasteiger charge is 2.16. The largest absolute Gasteiger partial charge is 0.250 e. The van der Waals surface area contributed by atoms with E-state index in [1.54, 1.807) is 0 Å². The summed E-state index contributed by atoms with van der Waals surface area (Å²) in [6, 6.07) is 61.3. The van der Waals surface area contributed by atoms with Gasteiger partial charge in [0.1, 0.15) is 0 Å². The van der Waals surface area contributed by atoms with Crippen molar-refractivity contribution < 1.29 is 0 Å². The van der Waals surface area contributed by atoms with Crippen molar-refractivity contribution in [3.8, 4) is 67.4 Å². The number of hydrogen-bond donors (Lipinski definition) is 0. The average Bonchev–Trinajstić information content (AvgIpc) is 3.24. The number of hydrogen-bond acceptors (Lipinski definition) is 4. The van der Waals surface area contributed by atoms with Gasteiger partial charge in [-0.05, 0) is 46.4 Å². The van der Waals surface area contributed by atoms with E-state index in [0.717, 1.165) is 83.5 Å². The molecule has 0 aliphatic carbocycles. The van der Waals surface area contributed by atoms with E-state index in [2.05, 4.69) is 159 Å². The molecule has 0 aliphatic heterocycles. The van der Waals surface area contributed by atoms with Crippen molar-refractivity contribution in [2.45, 2.75) is 19.8 Å². The number of rotatable bonds is 7. The van der Waals surface area contributed by atoms with Gasteiger partial charge >= 0.3 is 0 Å². The molecule has 0 atom stereocenters. The summed E-state index contributed by atoms with van der Waals surface area (Å²) in [5, 5.41) is 2.16. The highest BCUT2D eigenvalue weighted by atomic mass is 14.9. The predicted octanol–water partition coefficient (Wildman–Crippen LogP) is 12.7. The molecule has 0 N–H and O–H groups in total. The first-order chi connectivity index (χ1) is 26.1. The third kappa shape index (κ3) is 6.36. The molecule has 0 bridgehead atoms. The van der Waals surface area contributed by atoms with Crippen molar-refractivity contribution in [1.82, 2.24) is 19.9 Å². The summed E-state index contributed by atoms with van der Waals surface area (Å²) in [6.45, 7) is 4.39. The Labute approximate surface area is 309 Å². The zero-order valence-electron chi connectivity index (χ0n) is 29.6. The first-order valence-corrected chi connectivity index (χ1v) is 18.1. The predicted molar refractivity (Wildman–Crippen MR) is 219 cm³/mol. The minimum Gasteiger partial charge on any atom is -0.250 e. The number of nitrogens with zero attached hydrogens (tertiary/aromatic N) is 4. The van der Waals surface area contributed by atoms with E-state index in [1.807, 2.05) is 30.3 Å². The van der Waals surface area contributed by atoms with Crippen LogP contribution in [0, 0.1) is 0 Å². The molecule has 3 aromatic heterocycles. The SMILES string of the molecule is CC(C)c1cc(-c2ccc(-c3cc(-c4ccccc4)nc(-c4ccc(-c5ccccc5)cc4)n3)cc2)c2ccc3ccc(-c4ccccc4)nc3c2n1. The van der Waals surface area contributed by atoms with E-state index in [-0.39, 0.29) is 5.92 Å². The van der Waals surface area contributed by atoms with E-state index >= 15 is 0 Å². The van der Waals surface area contributed by atoms with Gasteiger partial charge in [-0.15, -0.1) is 0 Å². The molecule has 0 amide bonds. The van der Waals surface area contributed by atoms with Crippen LogP contribution < -0.4 is 0 Å². The van der Waals surface area contributed by atoms with E-state index in [9.17, 15) is 0 Å². The van der Waals surface area contributed by atoms with E-state index in [0.29, 0.717) is 5.82 Å². The Balaban J connectivity index is 1.13. The van der Waals surface area contributed by atoms with E-state index in [1.165, 1.54) is 5.56 Å². The molecule has 53 heavy (non-hydrogen) atoms. The summed E-state index contributed by atoms with van der Waals surface area (Å²) < 4.78 is 0. The van der Waals surface area contributed by atoms with Gasteiger partial charge < -0.3 is 0 Å². The fourth-order valence-corrected chi connectivity index (χ4v) is 6.94. The van der Waals surface area contributed by atoms with Gasteiger partial charge in [0.25, 0.3) is 0 Å². The molecule has 252 valence electrons. The van der Waals surface area contributed by atoms with Crippen molar-refractivity contribution in [2.24, 2.45) is 0 Å². The lowest BCUT2D eigenvalue weighted by molar-refractivity contribution is 0.831. The number of fused-ring (bicyclic) bond motifs is 3. The van der Waals surface area contributed by atoms with Crippen LogP contribution >= 0.6 is 0 Å². The summed E-state index contributed by atoms with van der Waals surface area (Å²) in [7, 11) is 0. The lowest BCUT2D eigenvalue weighted by Gasteiger charge is -2.15. The van der Waals surface area contributed by atoms with Gasteiger partial charge in [-0.2, -0.15) is 0 Å². The molecule has 9 rings (SSSR count). The van der Waals surface area contributed by atoms with Crippen LogP contribution in [-0.2, 0) is 0 Å². The van der Waals surface area contributed by atoms with E-state index in [4.69, 9.17) is 19.9 Å². The molecule has 4 nitrogen and oxygen atoms in total. The van der Waals surface area contributed by atoms with Crippen LogP contribution in [0.15, 0.2) is 176 Å². The monoisotopic (exact) mass is 680 g/mol. The van der Waals surface area contributed by atoms with Crippen LogP contribution in [0.1, 0.15) is 25.5 Å². The molecule has 0 spiro atoms. The third-order valence-electron chi connectivity index (χ3n) is 9.86. The van der Waals surface area contributed by atoms with Gasteiger partial charge in [-0.3, -0.25) is 4.98 Å². The number of benzene rings is 6. The first kappa shape index (κ1) is 32.1. The Kier molecular flexibility index (Phi) is 8.33. The molecular formula is C49H36N4. The average molecular weight is 681 g/mol. The lowest BCUT2D eigenvalue weighted by atomic mass is 9.95. The Morgan fingerprint density at radius 2 is 0.849 bits per heavy atom. The van der Waals surface area contributed by atoms with Crippen LogP contribution in [0.25, 0.3) is 89.2 Å². The summed E-state index contributed by atoms with van der Waals surface area (Å²) >= 11 is 0. The fourth-order valence-electron chi connectivity index (χ4n) is 6.94. The second kappa shape index (κ2) is 13.7. The fraction of sp³-hybridized carbons (Fsp3) is 0.0612. The highest BCUT2D eigenvalue weighted by Crippen LogP contribution is 2.36. The highest BCUT2D eigenvalue weighted by molar-refractivity contribution is 6.09. The zero-order valence-corrected chi connectivity index (χ0v) is 29.6. The standard InChI is InChI=1S/C49H36N4/c1-32(2)44-30-42(41-28-26-39-27-29-43(36-14-8-4-9-15-36)50-47(39)48(41)51-44)35-20-22-38(23-21-35)46-31-45(37-16-10-5-11-17-37)52-49(53-46)40-24-18-34(19-25-40)33-12-6-3-7-13-33/h3-32H,1-2H3. The van der Waals surface area contributed by atoms with Crippen LogP contribution in [0.2, 0.25) is 0 Å². The Hall–Kier alpha value is -6.78. The molecule has 0 radical (unpaired) electrons. The van der Waals surface area contributed by atoms with Crippen molar-refractivity contribution in [2.75, 3.05) is 0 Å². The van der Waals surface area contributed by atoms with Gasteiger partial charge in [-0.1, -0.05) is 172 Å². The molecule has 3 heterocycles. The maximum Gasteiger partial charge on any atom is 0.160 e. The van der Waals surface area contributed by atoms with Gasteiger partial charge in [0.2, 0.25) is 0 Å². The van der Waals surface area contributed by atoms with Crippen LogP contribution in [-0.4, -0.2) is 19.9 Å². The maximum atomic E-state index is 5.21. The third-order valence-corrected chi connectivity index (χ3v) is 9.86. The normalized spacial score (nSPS) is 11.4. The van der Waals surface area contributed by atoms with Gasteiger partial charge in [0, 0.05) is 38.7 Å². The number of pyridine rings is 2. The molecule has 0 saturated carbocycles. The Morgan fingerprint density at radius 1 is 0.358 bits per heavy atom. The van der Waals surface area contributed by atoms with Crippen molar-refractivity contribution in [1.29, 1.82) is 0 Å². The second-order valence-electron chi connectivity index (χ2n) is 13.7. The lowest BCUT2D eigenvalue weighted by Crippen LogP contribution is -1.98. The van der Waals surface area contributed by atoms with Crippen molar-refractivity contribution >= 4 is 21.8 Å². The maximum absolute atomic E-state index is 5.21. The van der Waals surface area contributed by atoms with Crippen LogP contribution in [0.3, 0.4) is 0 Å². The molecule has 9 aromatic rings. The van der Waals surface area contributed by atoms with Gasteiger partial charge in [0.15, 0.2) is 5.82 Å². The molecule has 0 aliphatic rings. The smallest absolute Gasteiger partial charge is 0.160 e. The Morgan fingerprint density at radius 3 is 1.47 bits per heavy atom. The van der Waals surface area contributed by atoms with Crippen LogP contribution in [0.5, 0.6) is 0 Å². The van der Waals surface area contributed by atoms with Crippen LogP contribution in [0.4, 0.5) is 0 Å². The Bertz CT molecular complexity index is 2710. The first-order valence-electron chi connectivity index (χ1n) is 18.1. The van der Waals surface area contributed by atoms with Crippen molar-refractivity contribution in [3.63, 3.8) is 0 Å². The van der Waals surface area contributed by atoms with E-state index < -0.39 is 0 Å². The zero-order chi connectivity index (χ0) is 35.7. The summed E-state index contributed by atoms with van der Waals surface area (Å²) in [4.78, 5) is 20.6. The minimum absolute atomic E-state index is 0.252. The number of aromatic nitrogens is 4. The molecule has 0 fully saturated rings. The molecule has 0 saturated heterocycles. The molecule has 6 aromatic carbocycles. The minimum atomic E-state index is 0.252. The molecule has 0 unspecified atom stereocenters. The molecular weight excluding hydrogens is 645 g/mol. The summed E-state index contributed by atoms with van der Waals surface area (Å²) in [6.07, 6.45) is 0. The molecule has 4 heteroatoms. The van der Waals surface area contributed by atoms with Gasteiger partial charge in [-0.25, -0.2) is 15.0 Å². The van der Waals surface area contributed by atoms with Crippen molar-refractivity contribution in [3.05, 3.63) is 182 Å². The topological polar surface area (TPSA) is 51.6 Å². The summed E-state index contributed by atoms with van der Waals surface area (Å²) in [5.41, 5.74) is 14.3. The second-order valence-corrected chi connectivity index (χ2v) is 13.7. The quantitative estimate of drug-likeness (QED) is 0.157.